The van der Waals surface area contributed by atoms with Gasteiger partial charge in [0.15, 0.2) is 0 Å². The number of rotatable bonds is 6. The fraction of sp³-hybridized carbons (Fsp3) is 0.385. The standard InChI is InChI=1S/C13H16N2O3/c1-17-12-8-10(7-11(15)9-12)13(16)18-6-4-2-3-5-14/h7-9H,2-4,6,15H2,1H3. The van der Waals surface area contributed by atoms with Crippen LogP contribution in [0.1, 0.15) is 29.6 Å². The Kier molecular flexibility index (Phi) is 5.52. The van der Waals surface area contributed by atoms with Crippen molar-refractivity contribution >= 4 is 11.7 Å². The molecule has 0 heterocycles. The van der Waals surface area contributed by atoms with Crippen LogP contribution in [0.5, 0.6) is 5.75 Å². The van der Waals surface area contributed by atoms with E-state index in [2.05, 4.69) is 0 Å². The van der Waals surface area contributed by atoms with E-state index in [-0.39, 0.29) is 0 Å². The first-order chi connectivity index (χ1) is 8.67. The highest BCUT2D eigenvalue weighted by molar-refractivity contribution is 5.91. The lowest BCUT2D eigenvalue weighted by atomic mass is 10.2. The lowest BCUT2D eigenvalue weighted by Crippen LogP contribution is -2.07. The van der Waals surface area contributed by atoms with E-state index >= 15 is 0 Å². The minimum absolute atomic E-state index is 0.303. The number of nitriles is 1. The van der Waals surface area contributed by atoms with Gasteiger partial charge in [-0.25, -0.2) is 4.79 Å². The van der Waals surface area contributed by atoms with Gasteiger partial charge in [-0.05, 0) is 25.0 Å². The predicted octanol–water partition coefficient (Wildman–Crippen LogP) is 2.13. The van der Waals surface area contributed by atoms with Gasteiger partial charge in [0.05, 0.1) is 25.3 Å². The fourth-order valence-corrected chi connectivity index (χ4v) is 1.41. The molecule has 0 saturated heterocycles. The smallest absolute Gasteiger partial charge is 0.338 e. The molecule has 0 radical (unpaired) electrons. The number of carbonyl (C=O) groups is 1. The van der Waals surface area contributed by atoms with Crippen molar-refractivity contribution in [2.75, 3.05) is 19.5 Å². The molecule has 0 fully saturated rings. The number of nitrogens with zero attached hydrogens (tertiary/aromatic N) is 1. The van der Waals surface area contributed by atoms with E-state index in [9.17, 15) is 4.79 Å². The van der Waals surface area contributed by atoms with Gasteiger partial charge in [-0.3, -0.25) is 0 Å². The molecule has 1 aromatic carbocycles. The summed E-state index contributed by atoms with van der Waals surface area (Å²) in [7, 11) is 1.51. The van der Waals surface area contributed by atoms with Crippen LogP contribution in [-0.2, 0) is 4.74 Å². The van der Waals surface area contributed by atoms with Crippen molar-refractivity contribution in [2.24, 2.45) is 0 Å². The first kappa shape index (κ1) is 13.8. The third kappa shape index (κ3) is 4.34. The molecular weight excluding hydrogens is 232 g/mol. The summed E-state index contributed by atoms with van der Waals surface area (Å²) in [5, 5.41) is 8.36. The van der Waals surface area contributed by atoms with Gasteiger partial charge in [-0.2, -0.15) is 5.26 Å². The Morgan fingerprint density at radius 2 is 2.17 bits per heavy atom. The summed E-state index contributed by atoms with van der Waals surface area (Å²) in [5.74, 6) is 0.0870. The van der Waals surface area contributed by atoms with E-state index in [0.717, 1.165) is 6.42 Å². The molecule has 0 aliphatic carbocycles. The summed E-state index contributed by atoms with van der Waals surface area (Å²) in [4.78, 5) is 11.7. The molecule has 18 heavy (non-hydrogen) atoms. The zero-order valence-electron chi connectivity index (χ0n) is 10.3. The van der Waals surface area contributed by atoms with Crippen LogP contribution in [0.4, 0.5) is 5.69 Å². The molecule has 0 aliphatic rings. The number of hydrogen-bond donors (Lipinski definition) is 1. The zero-order valence-corrected chi connectivity index (χ0v) is 10.3. The van der Waals surface area contributed by atoms with E-state index in [1.165, 1.54) is 7.11 Å². The summed E-state index contributed by atoms with van der Waals surface area (Å²) in [5.41, 5.74) is 6.46. The van der Waals surface area contributed by atoms with Gasteiger partial charge < -0.3 is 15.2 Å². The summed E-state index contributed by atoms with van der Waals surface area (Å²) < 4.78 is 10.1. The number of ether oxygens (including phenoxy) is 2. The Hall–Kier alpha value is -2.22. The quantitative estimate of drug-likeness (QED) is 0.473. The van der Waals surface area contributed by atoms with Crippen molar-refractivity contribution in [3.63, 3.8) is 0 Å². The fourth-order valence-electron chi connectivity index (χ4n) is 1.41. The van der Waals surface area contributed by atoms with Crippen LogP contribution in [0.25, 0.3) is 0 Å². The maximum Gasteiger partial charge on any atom is 0.338 e. The maximum absolute atomic E-state index is 11.7. The second-order valence-corrected chi connectivity index (χ2v) is 3.75. The molecule has 0 spiro atoms. The van der Waals surface area contributed by atoms with Crippen LogP contribution in [0.15, 0.2) is 18.2 Å². The highest BCUT2D eigenvalue weighted by Crippen LogP contribution is 2.19. The number of nitrogen functional groups attached to an aromatic ring is 1. The molecule has 5 heteroatoms. The summed E-state index contributed by atoms with van der Waals surface area (Å²) in [6, 6.07) is 6.78. The number of esters is 1. The maximum atomic E-state index is 11.7. The summed E-state index contributed by atoms with van der Waals surface area (Å²) in [6.07, 6.45) is 1.88. The largest absolute Gasteiger partial charge is 0.497 e. The molecule has 0 aliphatic heterocycles. The van der Waals surface area contributed by atoms with Crippen LogP contribution < -0.4 is 10.5 Å². The van der Waals surface area contributed by atoms with Crippen LogP contribution in [0, 0.1) is 11.3 Å². The molecule has 0 atom stereocenters. The van der Waals surface area contributed by atoms with Gasteiger partial charge in [-0.1, -0.05) is 0 Å². The molecule has 0 amide bonds. The van der Waals surface area contributed by atoms with Gasteiger partial charge in [0, 0.05) is 18.2 Å². The number of hydrogen-bond acceptors (Lipinski definition) is 5. The number of methoxy groups -OCH3 is 1. The second kappa shape index (κ2) is 7.17. The molecular formula is C13H16N2O3. The Morgan fingerprint density at radius 1 is 1.39 bits per heavy atom. The minimum atomic E-state index is -0.433. The minimum Gasteiger partial charge on any atom is -0.497 e. The second-order valence-electron chi connectivity index (χ2n) is 3.75. The molecule has 0 bridgehead atoms. The number of anilines is 1. The number of benzene rings is 1. The van der Waals surface area contributed by atoms with Gasteiger partial charge in [0.2, 0.25) is 0 Å². The molecule has 2 N–H and O–H groups in total. The van der Waals surface area contributed by atoms with Gasteiger partial charge in [0.25, 0.3) is 0 Å². The number of nitrogens with two attached hydrogens (primary N) is 1. The SMILES string of the molecule is COc1cc(N)cc(C(=O)OCCCCC#N)c1. The highest BCUT2D eigenvalue weighted by Gasteiger charge is 2.09. The summed E-state index contributed by atoms with van der Waals surface area (Å²) >= 11 is 0. The summed E-state index contributed by atoms with van der Waals surface area (Å²) in [6.45, 7) is 0.303. The molecule has 0 saturated carbocycles. The third-order valence-electron chi connectivity index (χ3n) is 2.32. The first-order valence-corrected chi connectivity index (χ1v) is 5.66. The van der Waals surface area contributed by atoms with Crippen molar-refractivity contribution in [1.29, 1.82) is 5.26 Å². The predicted molar refractivity (Wildman–Crippen MR) is 67.2 cm³/mol. The molecule has 1 aromatic rings. The van der Waals surface area contributed by atoms with E-state index in [0.29, 0.717) is 36.4 Å². The Bertz CT molecular complexity index is 452. The van der Waals surface area contributed by atoms with E-state index < -0.39 is 5.97 Å². The van der Waals surface area contributed by atoms with E-state index in [4.69, 9.17) is 20.5 Å². The Labute approximate surface area is 106 Å². The highest BCUT2D eigenvalue weighted by atomic mass is 16.5. The molecule has 0 aromatic heterocycles. The monoisotopic (exact) mass is 248 g/mol. The molecule has 96 valence electrons. The van der Waals surface area contributed by atoms with Crippen molar-refractivity contribution in [2.45, 2.75) is 19.3 Å². The Balaban J connectivity index is 2.51. The average Bonchev–Trinajstić information content (AvgIpc) is 2.37. The molecule has 1 rings (SSSR count). The lowest BCUT2D eigenvalue weighted by molar-refractivity contribution is 0.0498. The van der Waals surface area contributed by atoms with E-state index in [1.54, 1.807) is 18.2 Å². The third-order valence-corrected chi connectivity index (χ3v) is 2.32. The topological polar surface area (TPSA) is 85.3 Å². The zero-order chi connectivity index (χ0) is 13.4. The lowest BCUT2D eigenvalue weighted by Gasteiger charge is -2.07. The van der Waals surface area contributed by atoms with Crippen LogP contribution >= 0.6 is 0 Å². The van der Waals surface area contributed by atoms with Gasteiger partial charge in [0.1, 0.15) is 5.75 Å². The van der Waals surface area contributed by atoms with Crippen molar-refractivity contribution in [3.05, 3.63) is 23.8 Å². The number of unbranched alkanes of at least 4 members (excludes halogenated alkanes) is 2. The van der Waals surface area contributed by atoms with Crippen molar-refractivity contribution in [3.8, 4) is 11.8 Å². The molecule has 5 nitrogen and oxygen atoms in total. The normalized spacial score (nSPS) is 9.56. The first-order valence-electron chi connectivity index (χ1n) is 5.66. The van der Waals surface area contributed by atoms with Gasteiger partial charge in [-0.15, -0.1) is 0 Å². The van der Waals surface area contributed by atoms with Crippen LogP contribution in [-0.4, -0.2) is 19.7 Å². The number of carbonyl (C=O) groups excluding carboxylic acids is 1. The average molecular weight is 248 g/mol. The van der Waals surface area contributed by atoms with Gasteiger partial charge >= 0.3 is 5.97 Å². The van der Waals surface area contributed by atoms with E-state index in [1.807, 2.05) is 6.07 Å². The van der Waals surface area contributed by atoms with Crippen LogP contribution in [0.2, 0.25) is 0 Å². The van der Waals surface area contributed by atoms with Crippen molar-refractivity contribution < 1.29 is 14.3 Å². The Morgan fingerprint density at radius 3 is 2.83 bits per heavy atom. The van der Waals surface area contributed by atoms with Crippen LogP contribution in [0.3, 0.4) is 0 Å². The molecule has 0 unspecified atom stereocenters. The van der Waals surface area contributed by atoms with Crippen molar-refractivity contribution in [1.82, 2.24) is 0 Å².